The molecule has 0 aliphatic rings. The fraction of sp³-hybridized carbons (Fsp3) is 0.350. The van der Waals surface area contributed by atoms with Crippen LogP contribution in [0.3, 0.4) is 0 Å². The summed E-state index contributed by atoms with van der Waals surface area (Å²) in [6, 6.07) is 13.3. The number of amides is 1. The third-order valence-corrected chi connectivity index (χ3v) is 4.82. The van der Waals surface area contributed by atoms with E-state index >= 15 is 0 Å². The van der Waals surface area contributed by atoms with Crippen molar-refractivity contribution in [2.75, 3.05) is 21.3 Å². The Morgan fingerprint density at radius 1 is 1.15 bits per heavy atom. The number of hydrogen-bond donors (Lipinski definition) is 1. The van der Waals surface area contributed by atoms with Crippen molar-refractivity contribution in [3.05, 3.63) is 58.1 Å². The molecule has 0 aliphatic carbocycles. The van der Waals surface area contributed by atoms with Crippen molar-refractivity contribution in [3.63, 3.8) is 0 Å². The number of halogens is 1. The standard InChI is InChI=1S/C20H25BrN2O3/c1-14(20(24)22-12-15-5-8-18(25-3)9-6-15)23(2)13-16-11-17(21)7-10-19(16)26-4/h5-11,14H,12-13H2,1-4H3,(H,22,24)/t14-/m1/s1. The van der Waals surface area contributed by atoms with Crippen LogP contribution in [0.2, 0.25) is 0 Å². The van der Waals surface area contributed by atoms with E-state index in [9.17, 15) is 4.79 Å². The molecule has 0 saturated heterocycles. The van der Waals surface area contributed by atoms with Crippen LogP contribution in [-0.4, -0.2) is 38.1 Å². The largest absolute Gasteiger partial charge is 0.497 e. The molecule has 0 bridgehead atoms. The molecule has 0 aliphatic heterocycles. The van der Waals surface area contributed by atoms with Gasteiger partial charge in [-0.15, -0.1) is 0 Å². The maximum Gasteiger partial charge on any atom is 0.237 e. The maximum atomic E-state index is 12.5. The molecule has 5 nitrogen and oxygen atoms in total. The molecule has 0 aromatic heterocycles. The van der Waals surface area contributed by atoms with Crippen LogP contribution in [0.1, 0.15) is 18.1 Å². The van der Waals surface area contributed by atoms with Gasteiger partial charge in [0.15, 0.2) is 0 Å². The Morgan fingerprint density at radius 3 is 2.46 bits per heavy atom. The molecule has 6 heteroatoms. The normalized spacial score (nSPS) is 11.9. The Kier molecular flexibility index (Phi) is 7.48. The fourth-order valence-corrected chi connectivity index (χ4v) is 2.97. The number of likely N-dealkylation sites (N-methyl/N-ethyl adjacent to an activating group) is 1. The summed E-state index contributed by atoms with van der Waals surface area (Å²) in [5.41, 5.74) is 2.06. The van der Waals surface area contributed by atoms with E-state index in [4.69, 9.17) is 9.47 Å². The number of benzene rings is 2. The molecule has 0 unspecified atom stereocenters. The van der Waals surface area contributed by atoms with Gasteiger partial charge in [-0.05, 0) is 49.9 Å². The number of carbonyl (C=O) groups is 1. The predicted molar refractivity (Wildman–Crippen MR) is 106 cm³/mol. The zero-order valence-corrected chi connectivity index (χ0v) is 17.2. The summed E-state index contributed by atoms with van der Waals surface area (Å²) in [6.45, 7) is 2.99. The van der Waals surface area contributed by atoms with Crippen LogP contribution in [0, 0.1) is 0 Å². The number of methoxy groups -OCH3 is 2. The minimum atomic E-state index is -0.267. The average Bonchev–Trinajstić information content (AvgIpc) is 2.66. The van der Waals surface area contributed by atoms with Gasteiger partial charge in [0.2, 0.25) is 5.91 Å². The Balaban J connectivity index is 1.93. The van der Waals surface area contributed by atoms with Gasteiger partial charge >= 0.3 is 0 Å². The molecule has 2 aromatic rings. The van der Waals surface area contributed by atoms with E-state index in [1.165, 1.54) is 0 Å². The highest BCUT2D eigenvalue weighted by Crippen LogP contribution is 2.24. The van der Waals surface area contributed by atoms with Crippen molar-refractivity contribution < 1.29 is 14.3 Å². The van der Waals surface area contributed by atoms with Gasteiger partial charge in [0.05, 0.1) is 20.3 Å². The number of ether oxygens (including phenoxy) is 2. The SMILES string of the molecule is COc1ccc(CNC(=O)[C@@H](C)N(C)Cc2cc(Br)ccc2OC)cc1. The zero-order chi connectivity index (χ0) is 19.1. The van der Waals surface area contributed by atoms with Gasteiger partial charge < -0.3 is 14.8 Å². The zero-order valence-electron chi connectivity index (χ0n) is 15.6. The van der Waals surface area contributed by atoms with E-state index in [2.05, 4.69) is 21.2 Å². The van der Waals surface area contributed by atoms with E-state index in [0.29, 0.717) is 13.1 Å². The highest BCUT2D eigenvalue weighted by molar-refractivity contribution is 9.10. The molecule has 140 valence electrons. The van der Waals surface area contributed by atoms with Crippen molar-refractivity contribution in [2.24, 2.45) is 0 Å². The van der Waals surface area contributed by atoms with Crippen molar-refractivity contribution in [2.45, 2.75) is 26.1 Å². The first kappa shape index (κ1) is 20.3. The molecule has 26 heavy (non-hydrogen) atoms. The van der Waals surface area contributed by atoms with E-state index in [0.717, 1.165) is 27.1 Å². The first-order valence-electron chi connectivity index (χ1n) is 8.38. The highest BCUT2D eigenvalue weighted by atomic mass is 79.9. The van der Waals surface area contributed by atoms with E-state index in [1.54, 1.807) is 14.2 Å². The van der Waals surface area contributed by atoms with Crippen LogP contribution in [0.25, 0.3) is 0 Å². The Labute approximate surface area is 163 Å². The summed E-state index contributed by atoms with van der Waals surface area (Å²) in [5, 5.41) is 2.98. The molecule has 1 amide bonds. The van der Waals surface area contributed by atoms with Crippen LogP contribution in [0.4, 0.5) is 0 Å². The predicted octanol–water partition coefficient (Wildman–Crippen LogP) is 3.60. The summed E-state index contributed by atoms with van der Waals surface area (Å²) in [6.07, 6.45) is 0. The van der Waals surface area contributed by atoms with Gasteiger partial charge in [0.1, 0.15) is 11.5 Å². The molecule has 0 heterocycles. The molecular formula is C20H25BrN2O3. The van der Waals surface area contributed by atoms with Crippen LogP contribution < -0.4 is 14.8 Å². The molecule has 2 aromatic carbocycles. The van der Waals surface area contributed by atoms with Crippen LogP contribution in [0.5, 0.6) is 11.5 Å². The number of nitrogens with zero attached hydrogens (tertiary/aromatic N) is 1. The summed E-state index contributed by atoms with van der Waals surface area (Å²) in [7, 11) is 5.21. The highest BCUT2D eigenvalue weighted by Gasteiger charge is 2.19. The maximum absolute atomic E-state index is 12.5. The first-order chi connectivity index (χ1) is 12.4. The summed E-state index contributed by atoms with van der Waals surface area (Å²) in [5.74, 6) is 1.60. The third-order valence-electron chi connectivity index (χ3n) is 4.33. The van der Waals surface area contributed by atoms with Gasteiger partial charge in [-0.1, -0.05) is 28.1 Å². The lowest BCUT2D eigenvalue weighted by molar-refractivity contribution is -0.125. The van der Waals surface area contributed by atoms with Crippen LogP contribution in [0.15, 0.2) is 46.9 Å². The van der Waals surface area contributed by atoms with Crippen molar-refractivity contribution in [1.82, 2.24) is 10.2 Å². The summed E-state index contributed by atoms with van der Waals surface area (Å²) < 4.78 is 11.5. The lowest BCUT2D eigenvalue weighted by atomic mass is 10.1. The van der Waals surface area contributed by atoms with Gasteiger partial charge in [0, 0.05) is 23.1 Å². The van der Waals surface area contributed by atoms with Crippen molar-refractivity contribution >= 4 is 21.8 Å². The Hall–Kier alpha value is -2.05. The van der Waals surface area contributed by atoms with Crippen molar-refractivity contribution in [1.29, 1.82) is 0 Å². The molecule has 1 N–H and O–H groups in total. The molecule has 0 fully saturated rings. The van der Waals surface area contributed by atoms with Gasteiger partial charge in [0.25, 0.3) is 0 Å². The Morgan fingerprint density at radius 2 is 1.85 bits per heavy atom. The summed E-state index contributed by atoms with van der Waals surface area (Å²) >= 11 is 3.48. The second kappa shape index (κ2) is 9.59. The molecular weight excluding hydrogens is 396 g/mol. The van der Waals surface area contributed by atoms with Gasteiger partial charge in [-0.25, -0.2) is 0 Å². The van der Waals surface area contributed by atoms with Gasteiger partial charge in [-0.2, -0.15) is 0 Å². The second-order valence-electron chi connectivity index (χ2n) is 6.11. The lowest BCUT2D eigenvalue weighted by Crippen LogP contribution is -2.42. The van der Waals surface area contributed by atoms with E-state index in [1.807, 2.05) is 61.3 Å². The lowest BCUT2D eigenvalue weighted by Gasteiger charge is -2.25. The first-order valence-corrected chi connectivity index (χ1v) is 9.17. The molecule has 0 saturated carbocycles. The number of nitrogens with one attached hydrogen (secondary N) is 1. The van der Waals surface area contributed by atoms with Crippen LogP contribution >= 0.6 is 15.9 Å². The fourth-order valence-electron chi connectivity index (χ4n) is 2.56. The number of carbonyl (C=O) groups excluding carboxylic acids is 1. The molecule has 1 atom stereocenters. The minimum Gasteiger partial charge on any atom is -0.497 e. The topological polar surface area (TPSA) is 50.8 Å². The molecule has 0 radical (unpaired) electrons. The van der Waals surface area contributed by atoms with Crippen molar-refractivity contribution in [3.8, 4) is 11.5 Å². The second-order valence-corrected chi connectivity index (χ2v) is 7.03. The monoisotopic (exact) mass is 420 g/mol. The van der Waals surface area contributed by atoms with Gasteiger partial charge in [-0.3, -0.25) is 9.69 Å². The minimum absolute atomic E-state index is 0.0164. The average molecular weight is 421 g/mol. The quantitative estimate of drug-likeness (QED) is 0.708. The summed E-state index contributed by atoms with van der Waals surface area (Å²) in [4.78, 5) is 14.5. The molecule has 2 rings (SSSR count). The third kappa shape index (κ3) is 5.47. The smallest absolute Gasteiger partial charge is 0.237 e. The van der Waals surface area contributed by atoms with Crippen LogP contribution in [-0.2, 0) is 17.9 Å². The number of rotatable bonds is 8. The number of hydrogen-bond acceptors (Lipinski definition) is 4. The van der Waals surface area contributed by atoms with E-state index < -0.39 is 0 Å². The van der Waals surface area contributed by atoms with E-state index in [-0.39, 0.29) is 11.9 Å². The molecule has 0 spiro atoms. The Bertz CT molecular complexity index is 734.